The van der Waals surface area contributed by atoms with Crippen LogP contribution >= 0.6 is 0 Å². The van der Waals surface area contributed by atoms with Gasteiger partial charge in [-0.25, -0.2) is 4.79 Å². The van der Waals surface area contributed by atoms with Crippen molar-refractivity contribution >= 4 is 29.7 Å². The van der Waals surface area contributed by atoms with E-state index < -0.39 is 54.2 Å². The highest BCUT2D eigenvalue weighted by atomic mass is 16.6. The molecule has 2 aromatic rings. The van der Waals surface area contributed by atoms with Crippen molar-refractivity contribution in [1.29, 1.82) is 0 Å². The number of carboxylic acids is 1. The minimum absolute atomic E-state index is 0.206. The molecule has 2 aromatic carbocycles. The molecule has 5 unspecified atom stereocenters. The summed E-state index contributed by atoms with van der Waals surface area (Å²) in [6, 6.07) is 8.01. The van der Waals surface area contributed by atoms with Crippen molar-refractivity contribution < 1.29 is 59.2 Å². The van der Waals surface area contributed by atoms with Crippen LogP contribution in [0.3, 0.4) is 0 Å². The predicted molar refractivity (Wildman–Crippen MR) is 147 cm³/mol. The smallest absolute Gasteiger partial charge is 0.336 e. The van der Waals surface area contributed by atoms with Crippen LogP contribution in [0.2, 0.25) is 0 Å². The molecular formula is C30H32O12. The third kappa shape index (κ3) is 7.34. The summed E-state index contributed by atoms with van der Waals surface area (Å²) < 4.78 is 17.4. The van der Waals surface area contributed by atoms with Crippen LogP contribution in [0.25, 0.3) is 12.2 Å². The second-order valence-electron chi connectivity index (χ2n) is 10.2. The lowest BCUT2D eigenvalue weighted by Gasteiger charge is -2.45. The maximum absolute atomic E-state index is 13.0. The molecule has 2 fully saturated rings. The number of aliphatic hydroxyl groups excluding tert-OH is 1. The molecular weight excluding hydrogens is 552 g/mol. The SMILES string of the molecule is O=C(C=Cc1ccc(O)c(O)c1)COC1(C(=O)O)CC(O)C2OCCCC(C(=O)C=Cc3ccc(O)c(O)c3)OC2C1. The Morgan fingerprint density at radius 1 is 0.905 bits per heavy atom. The van der Waals surface area contributed by atoms with Gasteiger partial charge in [0.1, 0.15) is 18.8 Å². The summed E-state index contributed by atoms with van der Waals surface area (Å²) in [4.78, 5) is 37.9. The van der Waals surface area contributed by atoms with E-state index in [1.54, 1.807) is 0 Å². The minimum Gasteiger partial charge on any atom is -0.504 e. The third-order valence-electron chi connectivity index (χ3n) is 7.17. The predicted octanol–water partition coefficient (Wildman–Crippen LogP) is 2.30. The number of ketones is 2. The lowest BCUT2D eigenvalue weighted by molar-refractivity contribution is -0.225. The summed E-state index contributed by atoms with van der Waals surface area (Å²) >= 11 is 0. The number of carbonyl (C=O) groups is 3. The fourth-order valence-electron chi connectivity index (χ4n) is 4.92. The number of aliphatic carboxylic acids is 1. The average molecular weight is 585 g/mol. The zero-order valence-corrected chi connectivity index (χ0v) is 22.5. The number of phenols is 4. The number of benzene rings is 2. The topological polar surface area (TPSA) is 200 Å². The van der Waals surface area contributed by atoms with Crippen LogP contribution in [0.5, 0.6) is 23.0 Å². The quantitative estimate of drug-likeness (QED) is 0.186. The van der Waals surface area contributed by atoms with Crippen LogP contribution in [0.15, 0.2) is 48.6 Å². The van der Waals surface area contributed by atoms with E-state index >= 15 is 0 Å². The largest absolute Gasteiger partial charge is 0.504 e. The zero-order chi connectivity index (χ0) is 30.4. The first-order valence-electron chi connectivity index (χ1n) is 13.3. The van der Waals surface area contributed by atoms with Gasteiger partial charge in [0.25, 0.3) is 0 Å². The van der Waals surface area contributed by atoms with E-state index in [0.717, 1.165) is 6.08 Å². The molecule has 1 aliphatic carbocycles. The van der Waals surface area contributed by atoms with Crippen molar-refractivity contribution in [2.45, 2.75) is 55.7 Å². The van der Waals surface area contributed by atoms with Crippen molar-refractivity contribution in [3.63, 3.8) is 0 Å². The maximum atomic E-state index is 13.0. The Morgan fingerprint density at radius 3 is 2.12 bits per heavy atom. The molecule has 12 nitrogen and oxygen atoms in total. The molecule has 0 amide bonds. The van der Waals surface area contributed by atoms with Crippen molar-refractivity contribution in [2.75, 3.05) is 13.2 Å². The summed E-state index contributed by atoms with van der Waals surface area (Å²) in [6.07, 6.45) is 0.951. The van der Waals surface area contributed by atoms with Gasteiger partial charge in [0, 0.05) is 19.4 Å². The van der Waals surface area contributed by atoms with Crippen molar-refractivity contribution in [3.8, 4) is 23.0 Å². The molecule has 1 saturated carbocycles. The first kappa shape index (κ1) is 30.7. The minimum atomic E-state index is -2.00. The Balaban J connectivity index is 1.46. The molecule has 1 heterocycles. The van der Waals surface area contributed by atoms with Gasteiger partial charge in [0.05, 0.1) is 12.2 Å². The first-order valence-corrected chi connectivity index (χ1v) is 13.3. The van der Waals surface area contributed by atoms with Gasteiger partial charge in [0.15, 0.2) is 40.2 Å². The van der Waals surface area contributed by atoms with E-state index in [4.69, 9.17) is 14.2 Å². The zero-order valence-electron chi connectivity index (χ0n) is 22.5. The second kappa shape index (κ2) is 13.2. The van der Waals surface area contributed by atoms with Crippen molar-refractivity contribution in [3.05, 3.63) is 59.7 Å². The summed E-state index contributed by atoms with van der Waals surface area (Å²) in [6.45, 7) is -0.430. The van der Waals surface area contributed by atoms with Gasteiger partial charge in [-0.05, 0) is 60.4 Å². The number of aliphatic hydroxyl groups is 1. The molecule has 6 N–H and O–H groups in total. The third-order valence-corrected chi connectivity index (χ3v) is 7.17. The van der Waals surface area contributed by atoms with Gasteiger partial charge in [-0.15, -0.1) is 0 Å². The van der Waals surface area contributed by atoms with E-state index in [0.29, 0.717) is 17.5 Å². The van der Waals surface area contributed by atoms with E-state index in [9.17, 15) is 45.0 Å². The number of hydrogen-bond donors (Lipinski definition) is 6. The first-order chi connectivity index (χ1) is 20.0. The maximum Gasteiger partial charge on any atom is 0.336 e. The highest BCUT2D eigenvalue weighted by Crippen LogP contribution is 2.38. The molecule has 1 saturated heterocycles. The fraction of sp³-hybridized carbons (Fsp3) is 0.367. The van der Waals surface area contributed by atoms with Gasteiger partial charge < -0.3 is 44.8 Å². The van der Waals surface area contributed by atoms with Gasteiger partial charge in [-0.2, -0.15) is 0 Å². The average Bonchev–Trinajstić information content (AvgIpc) is 2.93. The molecule has 0 bridgehead atoms. The highest BCUT2D eigenvalue weighted by molar-refractivity contribution is 5.97. The normalized spacial score (nSPS) is 26.4. The van der Waals surface area contributed by atoms with Crippen LogP contribution in [0.1, 0.15) is 36.8 Å². The second-order valence-corrected chi connectivity index (χ2v) is 10.2. The van der Waals surface area contributed by atoms with Gasteiger partial charge in [0.2, 0.25) is 0 Å². The summed E-state index contributed by atoms with van der Waals surface area (Å²) in [5, 5.41) is 59.1. The number of ether oxygens (including phenoxy) is 3. The number of phenolic OH excluding ortho intramolecular Hbond substituents is 4. The van der Waals surface area contributed by atoms with Crippen LogP contribution in [0.4, 0.5) is 0 Å². The number of rotatable bonds is 9. The van der Waals surface area contributed by atoms with Crippen LogP contribution in [-0.2, 0) is 28.6 Å². The summed E-state index contributed by atoms with van der Waals surface area (Å²) in [5.41, 5.74) is -1.14. The van der Waals surface area contributed by atoms with Crippen molar-refractivity contribution in [1.82, 2.24) is 0 Å². The van der Waals surface area contributed by atoms with E-state index in [1.807, 2.05) is 0 Å². The van der Waals surface area contributed by atoms with Crippen LogP contribution in [-0.4, -0.2) is 91.4 Å². The van der Waals surface area contributed by atoms with E-state index in [2.05, 4.69) is 0 Å². The Morgan fingerprint density at radius 2 is 1.52 bits per heavy atom. The molecule has 224 valence electrons. The van der Waals surface area contributed by atoms with Crippen LogP contribution < -0.4 is 0 Å². The summed E-state index contributed by atoms with van der Waals surface area (Å²) in [5.74, 6) is -3.77. The molecule has 0 radical (unpaired) electrons. The Kier molecular flexibility index (Phi) is 9.63. The van der Waals surface area contributed by atoms with E-state index in [1.165, 1.54) is 54.6 Å². The molecule has 5 atom stereocenters. The van der Waals surface area contributed by atoms with Crippen molar-refractivity contribution in [2.24, 2.45) is 0 Å². The number of hydrogen-bond acceptors (Lipinski definition) is 11. The molecule has 0 aromatic heterocycles. The lowest BCUT2D eigenvalue weighted by atomic mass is 9.78. The van der Waals surface area contributed by atoms with Gasteiger partial charge >= 0.3 is 5.97 Å². The highest BCUT2D eigenvalue weighted by Gasteiger charge is 2.53. The van der Waals surface area contributed by atoms with Gasteiger partial charge in [-0.3, -0.25) is 9.59 Å². The molecule has 4 rings (SSSR count). The Labute approximate surface area is 240 Å². The standard InChI is InChI=1S/C30H32O12/c31-19(7-3-17-4-8-20(32)23(35)12-17)16-41-30(29(38)39)14-25(37)28-27(15-30)42-26(2-1-11-40-28)22(34)10-6-18-5-9-21(33)24(36)13-18/h3-10,12-13,25-28,32-33,35-37H,1-2,11,14-16H2,(H,38,39). The van der Waals surface area contributed by atoms with E-state index in [-0.39, 0.29) is 48.9 Å². The number of carbonyl (C=O) groups excluding carboxylic acids is 2. The molecule has 42 heavy (non-hydrogen) atoms. The van der Waals surface area contributed by atoms with Crippen LogP contribution in [0, 0.1) is 0 Å². The Bertz CT molecular complexity index is 1380. The Hall–Kier alpha value is -4.23. The molecule has 0 spiro atoms. The lowest BCUT2D eigenvalue weighted by Crippen LogP contribution is -2.60. The summed E-state index contributed by atoms with van der Waals surface area (Å²) in [7, 11) is 0. The monoisotopic (exact) mass is 584 g/mol. The molecule has 1 aliphatic heterocycles. The fourth-order valence-corrected chi connectivity index (χ4v) is 4.92. The number of carboxylic acid groups (broad SMARTS) is 1. The number of aromatic hydroxyl groups is 4. The van der Waals surface area contributed by atoms with Gasteiger partial charge in [-0.1, -0.05) is 24.3 Å². The number of fused-ring (bicyclic) bond motifs is 1. The molecule has 2 aliphatic rings. The molecule has 12 heteroatoms.